The van der Waals surface area contributed by atoms with Crippen molar-refractivity contribution in [2.24, 2.45) is 0 Å². The minimum absolute atomic E-state index is 0.518. The van der Waals surface area contributed by atoms with Crippen LogP contribution in [0.5, 0.6) is 0 Å². The number of hydrogen-bond donors (Lipinski definition) is 1. The van der Waals surface area contributed by atoms with E-state index in [1.54, 1.807) is 7.11 Å². The number of rotatable bonds is 8. The summed E-state index contributed by atoms with van der Waals surface area (Å²) in [5, 5.41) is 11.4. The summed E-state index contributed by atoms with van der Waals surface area (Å²) in [5.41, 5.74) is 2.27. The zero-order valence-corrected chi connectivity index (χ0v) is 12.8. The van der Waals surface area contributed by atoms with Gasteiger partial charge in [0.2, 0.25) is 5.89 Å². The molecule has 0 amide bonds. The highest BCUT2D eigenvalue weighted by atomic mass is 16.5. The lowest BCUT2D eigenvalue weighted by Crippen LogP contribution is -2.18. The summed E-state index contributed by atoms with van der Waals surface area (Å²) < 4.78 is 10.7. The van der Waals surface area contributed by atoms with E-state index in [0.29, 0.717) is 25.1 Å². The normalized spacial score (nSPS) is 10.8. The number of aromatic nitrogens is 2. The predicted molar refractivity (Wildman–Crippen MR) is 81.7 cm³/mol. The molecule has 0 saturated carbocycles. The number of aryl methyl sites for hydroxylation is 1. The molecule has 21 heavy (non-hydrogen) atoms. The fraction of sp³-hybridized carbons (Fsp3) is 0.467. The minimum atomic E-state index is 0.518. The Morgan fingerprint density at radius 3 is 2.67 bits per heavy atom. The van der Waals surface area contributed by atoms with Gasteiger partial charge in [0, 0.05) is 25.9 Å². The summed E-state index contributed by atoms with van der Waals surface area (Å²) in [6.45, 7) is 6.84. The van der Waals surface area contributed by atoms with Crippen LogP contribution in [0.3, 0.4) is 0 Å². The molecule has 0 bridgehead atoms. The molecule has 6 heteroatoms. The molecule has 0 saturated heterocycles. The SMILES string of the molecule is CCN(c1ccc(C)cc1)c1nnc(CNCCOC)o1. The first-order valence-corrected chi connectivity index (χ1v) is 7.10. The Balaban J connectivity index is 2.02. The predicted octanol–water partition coefficient (Wildman–Crippen LogP) is 2.27. The number of anilines is 2. The van der Waals surface area contributed by atoms with Crippen molar-refractivity contribution in [3.05, 3.63) is 35.7 Å². The zero-order valence-electron chi connectivity index (χ0n) is 12.8. The largest absolute Gasteiger partial charge is 0.406 e. The van der Waals surface area contributed by atoms with Crippen LogP contribution in [0.1, 0.15) is 18.4 Å². The molecule has 0 atom stereocenters. The van der Waals surface area contributed by atoms with Gasteiger partial charge in [0.15, 0.2) is 0 Å². The summed E-state index contributed by atoms with van der Waals surface area (Å²) >= 11 is 0. The van der Waals surface area contributed by atoms with E-state index in [4.69, 9.17) is 9.15 Å². The maximum Gasteiger partial charge on any atom is 0.322 e. The van der Waals surface area contributed by atoms with E-state index in [1.165, 1.54) is 5.56 Å². The molecule has 1 N–H and O–H groups in total. The van der Waals surface area contributed by atoms with Crippen molar-refractivity contribution in [1.29, 1.82) is 0 Å². The van der Waals surface area contributed by atoms with Crippen molar-refractivity contribution >= 4 is 11.7 Å². The Morgan fingerprint density at radius 1 is 1.24 bits per heavy atom. The van der Waals surface area contributed by atoms with E-state index in [1.807, 2.05) is 4.90 Å². The summed E-state index contributed by atoms with van der Waals surface area (Å²) in [6, 6.07) is 8.77. The monoisotopic (exact) mass is 290 g/mol. The van der Waals surface area contributed by atoms with Crippen LogP contribution in [0.4, 0.5) is 11.7 Å². The minimum Gasteiger partial charge on any atom is -0.406 e. The molecule has 114 valence electrons. The number of hydrogen-bond acceptors (Lipinski definition) is 6. The van der Waals surface area contributed by atoms with E-state index in [9.17, 15) is 0 Å². The van der Waals surface area contributed by atoms with Crippen LogP contribution in [0.25, 0.3) is 0 Å². The van der Waals surface area contributed by atoms with Crippen LogP contribution in [0, 0.1) is 6.92 Å². The Kier molecular flexibility index (Phi) is 5.71. The van der Waals surface area contributed by atoms with Crippen LogP contribution in [0.15, 0.2) is 28.7 Å². The maximum absolute atomic E-state index is 5.70. The van der Waals surface area contributed by atoms with Gasteiger partial charge >= 0.3 is 6.01 Å². The lowest BCUT2D eigenvalue weighted by atomic mass is 10.2. The molecule has 0 unspecified atom stereocenters. The molecule has 0 aliphatic rings. The average Bonchev–Trinajstić information content (AvgIpc) is 2.95. The topological polar surface area (TPSA) is 63.4 Å². The second-order valence-corrected chi connectivity index (χ2v) is 4.73. The summed E-state index contributed by atoms with van der Waals surface area (Å²) in [6.07, 6.45) is 0. The molecule has 1 aromatic heterocycles. The second-order valence-electron chi connectivity index (χ2n) is 4.73. The molecule has 6 nitrogen and oxygen atoms in total. The van der Waals surface area contributed by atoms with Gasteiger partial charge in [-0.2, -0.15) is 0 Å². The molecule has 0 spiro atoms. The van der Waals surface area contributed by atoms with Gasteiger partial charge in [-0.15, -0.1) is 5.10 Å². The van der Waals surface area contributed by atoms with Crippen molar-refractivity contribution in [1.82, 2.24) is 15.5 Å². The molecule has 0 aliphatic carbocycles. The van der Waals surface area contributed by atoms with Crippen molar-refractivity contribution in [2.45, 2.75) is 20.4 Å². The van der Waals surface area contributed by atoms with Crippen LogP contribution < -0.4 is 10.2 Å². The fourth-order valence-electron chi connectivity index (χ4n) is 1.95. The average molecular weight is 290 g/mol. The number of benzene rings is 1. The fourth-order valence-corrected chi connectivity index (χ4v) is 1.95. The quantitative estimate of drug-likeness (QED) is 0.752. The third-order valence-electron chi connectivity index (χ3n) is 3.11. The first kappa shape index (κ1) is 15.5. The smallest absolute Gasteiger partial charge is 0.322 e. The highest BCUT2D eigenvalue weighted by Crippen LogP contribution is 2.23. The van der Waals surface area contributed by atoms with Crippen LogP contribution in [-0.2, 0) is 11.3 Å². The van der Waals surface area contributed by atoms with Gasteiger partial charge in [0.1, 0.15) is 0 Å². The van der Waals surface area contributed by atoms with E-state index in [0.717, 1.165) is 18.8 Å². The molecular weight excluding hydrogens is 268 g/mol. The maximum atomic E-state index is 5.70. The molecule has 0 aliphatic heterocycles. The van der Waals surface area contributed by atoms with E-state index in [2.05, 4.69) is 53.6 Å². The molecule has 0 fully saturated rings. The molecule has 0 radical (unpaired) electrons. The Labute approximate surface area is 125 Å². The van der Waals surface area contributed by atoms with Gasteiger partial charge in [0.25, 0.3) is 0 Å². The second kappa shape index (κ2) is 7.75. The third kappa shape index (κ3) is 4.27. The molecule has 1 heterocycles. The van der Waals surface area contributed by atoms with Gasteiger partial charge in [-0.25, -0.2) is 0 Å². The molecule has 2 aromatic rings. The number of ether oxygens (including phenoxy) is 1. The number of nitrogens with one attached hydrogen (secondary N) is 1. The lowest BCUT2D eigenvalue weighted by molar-refractivity contribution is 0.198. The van der Waals surface area contributed by atoms with Gasteiger partial charge in [-0.1, -0.05) is 22.8 Å². The van der Waals surface area contributed by atoms with Crippen molar-refractivity contribution in [3.8, 4) is 0 Å². The van der Waals surface area contributed by atoms with Crippen LogP contribution in [0.2, 0.25) is 0 Å². The third-order valence-corrected chi connectivity index (χ3v) is 3.11. The Hall–Kier alpha value is -1.92. The summed E-state index contributed by atoms with van der Waals surface area (Å²) in [4.78, 5) is 1.99. The van der Waals surface area contributed by atoms with Gasteiger partial charge in [-0.3, -0.25) is 4.90 Å². The highest BCUT2D eigenvalue weighted by Gasteiger charge is 2.14. The van der Waals surface area contributed by atoms with E-state index in [-0.39, 0.29) is 0 Å². The zero-order chi connectivity index (χ0) is 15.1. The lowest BCUT2D eigenvalue weighted by Gasteiger charge is -2.18. The van der Waals surface area contributed by atoms with Crippen molar-refractivity contribution in [3.63, 3.8) is 0 Å². The Bertz CT molecular complexity index is 539. The molecule has 1 aromatic carbocycles. The first-order chi connectivity index (χ1) is 10.2. The van der Waals surface area contributed by atoms with Crippen molar-refractivity contribution in [2.75, 3.05) is 31.7 Å². The standard InChI is InChI=1S/C15H22N4O2/c1-4-19(13-7-5-12(2)6-8-13)15-18-17-14(21-15)11-16-9-10-20-3/h5-8,16H,4,9-11H2,1-3H3. The summed E-state index contributed by atoms with van der Waals surface area (Å²) in [7, 11) is 1.67. The van der Waals surface area contributed by atoms with E-state index >= 15 is 0 Å². The Morgan fingerprint density at radius 2 is 2.00 bits per heavy atom. The van der Waals surface area contributed by atoms with E-state index < -0.39 is 0 Å². The van der Waals surface area contributed by atoms with Crippen molar-refractivity contribution < 1.29 is 9.15 Å². The molecule has 2 rings (SSSR count). The molecular formula is C15H22N4O2. The first-order valence-electron chi connectivity index (χ1n) is 7.10. The van der Waals surface area contributed by atoms with Gasteiger partial charge in [-0.05, 0) is 26.0 Å². The van der Waals surface area contributed by atoms with Gasteiger partial charge < -0.3 is 14.5 Å². The number of nitrogens with zero attached hydrogens (tertiary/aromatic N) is 3. The highest BCUT2D eigenvalue weighted by molar-refractivity contribution is 5.56. The number of methoxy groups -OCH3 is 1. The van der Waals surface area contributed by atoms with Crippen LogP contribution in [-0.4, -0.2) is 37.0 Å². The summed E-state index contributed by atoms with van der Waals surface area (Å²) in [5.74, 6) is 0.576. The van der Waals surface area contributed by atoms with Gasteiger partial charge in [0.05, 0.1) is 13.2 Å². The van der Waals surface area contributed by atoms with Crippen LogP contribution >= 0.6 is 0 Å².